The van der Waals surface area contributed by atoms with Crippen molar-refractivity contribution in [3.63, 3.8) is 0 Å². The molecule has 1 heterocycles. The molecule has 5 heteroatoms. The highest BCUT2D eigenvalue weighted by molar-refractivity contribution is 5.83. The maximum absolute atomic E-state index is 5.98. The average Bonchev–Trinajstić information content (AvgIpc) is 2.86. The summed E-state index contributed by atoms with van der Waals surface area (Å²) >= 11 is 0. The van der Waals surface area contributed by atoms with Gasteiger partial charge >= 0.3 is 0 Å². The number of hydrogen-bond acceptors (Lipinski definition) is 3. The van der Waals surface area contributed by atoms with Crippen LogP contribution in [0.1, 0.15) is 105 Å². The highest BCUT2D eigenvalue weighted by atomic mass is 16.5. The topological polar surface area (TPSA) is 62.9 Å². The van der Waals surface area contributed by atoms with Crippen LogP contribution in [0.2, 0.25) is 0 Å². The van der Waals surface area contributed by atoms with E-state index in [2.05, 4.69) is 62.2 Å². The van der Waals surface area contributed by atoms with Crippen LogP contribution >= 0.6 is 0 Å². The van der Waals surface area contributed by atoms with Crippen molar-refractivity contribution >= 4 is 11.6 Å². The third kappa shape index (κ3) is 10.7. The van der Waals surface area contributed by atoms with Gasteiger partial charge in [0.25, 0.3) is 0 Å². The van der Waals surface area contributed by atoms with E-state index in [1.807, 2.05) is 0 Å². The van der Waals surface area contributed by atoms with Crippen LogP contribution in [0.5, 0.6) is 5.75 Å². The summed E-state index contributed by atoms with van der Waals surface area (Å²) in [5, 5.41) is 3.64. The van der Waals surface area contributed by atoms with Crippen molar-refractivity contribution in [1.29, 1.82) is 0 Å². The number of guanidine groups is 1. The van der Waals surface area contributed by atoms with Crippen LogP contribution in [0.3, 0.4) is 0 Å². The lowest BCUT2D eigenvalue weighted by atomic mass is 9.94. The molecule has 1 unspecified atom stereocenters. The molecule has 2 rings (SSSR count). The second kappa shape index (κ2) is 16.0. The van der Waals surface area contributed by atoms with Gasteiger partial charge in [0.15, 0.2) is 5.96 Å². The molecule has 0 saturated carbocycles. The monoisotopic (exact) mass is 472 g/mol. The normalized spacial score (nSPS) is 17.1. The molecule has 0 radical (unpaired) electrons. The molecule has 1 atom stereocenters. The van der Waals surface area contributed by atoms with Crippen LogP contribution in [0, 0.1) is 5.41 Å². The molecular weight excluding hydrogens is 420 g/mol. The Hall–Kier alpha value is -1.75. The fourth-order valence-corrected chi connectivity index (χ4v) is 4.46. The van der Waals surface area contributed by atoms with Gasteiger partial charge in [-0.3, -0.25) is 0 Å². The molecule has 0 spiro atoms. The molecular formula is C29H52N4O. The number of benzene rings is 1. The van der Waals surface area contributed by atoms with Gasteiger partial charge in [0, 0.05) is 19.1 Å². The lowest BCUT2D eigenvalue weighted by Gasteiger charge is -2.38. The van der Waals surface area contributed by atoms with Gasteiger partial charge in [-0.25, -0.2) is 4.99 Å². The van der Waals surface area contributed by atoms with Crippen molar-refractivity contribution in [3.8, 4) is 5.75 Å². The van der Waals surface area contributed by atoms with Gasteiger partial charge in [-0.2, -0.15) is 0 Å². The van der Waals surface area contributed by atoms with Crippen molar-refractivity contribution in [2.24, 2.45) is 16.1 Å². The van der Waals surface area contributed by atoms with Crippen molar-refractivity contribution in [2.75, 3.05) is 26.2 Å². The van der Waals surface area contributed by atoms with E-state index in [0.717, 1.165) is 49.9 Å². The van der Waals surface area contributed by atoms with Gasteiger partial charge in [-0.15, -0.1) is 0 Å². The molecule has 1 fully saturated rings. The van der Waals surface area contributed by atoms with Crippen LogP contribution in [-0.2, 0) is 0 Å². The second-order valence-electron chi connectivity index (χ2n) is 10.7. The number of rotatable bonds is 15. The summed E-state index contributed by atoms with van der Waals surface area (Å²) in [5.74, 6) is 1.92. The largest absolute Gasteiger partial charge is 0.494 e. The summed E-state index contributed by atoms with van der Waals surface area (Å²) in [5.41, 5.74) is 6.98. The number of nitrogens with one attached hydrogen (secondary N) is 1. The maximum Gasteiger partial charge on any atom is 0.199 e. The minimum absolute atomic E-state index is 0.0332. The van der Waals surface area contributed by atoms with E-state index < -0.39 is 0 Å². The third-order valence-corrected chi connectivity index (χ3v) is 6.99. The first-order chi connectivity index (χ1) is 16.5. The zero-order valence-corrected chi connectivity index (χ0v) is 22.6. The van der Waals surface area contributed by atoms with E-state index in [1.54, 1.807) is 0 Å². The Bertz CT molecular complexity index is 686. The Morgan fingerprint density at radius 1 is 1.03 bits per heavy atom. The Kier molecular flexibility index (Phi) is 13.4. The molecule has 3 N–H and O–H groups in total. The summed E-state index contributed by atoms with van der Waals surface area (Å²) in [6.07, 6.45) is 15.5. The molecule has 194 valence electrons. The summed E-state index contributed by atoms with van der Waals surface area (Å²) in [6, 6.07) is 8.81. The first-order valence-corrected chi connectivity index (χ1v) is 14.0. The van der Waals surface area contributed by atoms with Gasteiger partial charge in [-0.1, -0.05) is 72.6 Å². The van der Waals surface area contributed by atoms with Gasteiger partial charge in [0.1, 0.15) is 5.75 Å². The van der Waals surface area contributed by atoms with Gasteiger partial charge < -0.3 is 20.7 Å². The second-order valence-corrected chi connectivity index (χ2v) is 10.7. The highest BCUT2D eigenvalue weighted by Crippen LogP contribution is 2.23. The number of ether oxygens (including phenoxy) is 1. The van der Waals surface area contributed by atoms with Crippen LogP contribution < -0.4 is 15.8 Å². The van der Waals surface area contributed by atoms with E-state index in [0.29, 0.717) is 12.6 Å². The molecule has 1 aliphatic rings. The number of likely N-dealkylation sites (tertiary alicyclic amines) is 1. The number of nitrogens with zero attached hydrogens (tertiary/aromatic N) is 2. The zero-order chi connectivity index (χ0) is 24.7. The Labute approximate surface area is 209 Å². The standard InChI is InChI=1S/C29H52N4O/c1-5-7-8-9-10-11-12-15-22-34-27-19-17-25(18-20-27)32-28(31-24-29(3,4)23-30)33-21-14-13-16-26(33)6-2/h17-20,26H,5-16,21-24,30H2,1-4H3,(H,31,32). The van der Waals surface area contributed by atoms with E-state index in [-0.39, 0.29) is 5.41 Å². The molecule has 0 aliphatic carbocycles. The maximum atomic E-state index is 5.98. The van der Waals surface area contributed by atoms with Gasteiger partial charge in [0.2, 0.25) is 0 Å². The number of unbranched alkanes of at least 4 members (excludes halogenated alkanes) is 7. The fourth-order valence-electron chi connectivity index (χ4n) is 4.46. The molecule has 34 heavy (non-hydrogen) atoms. The van der Waals surface area contributed by atoms with Crippen LogP contribution in [0.4, 0.5) is 5.69 Å². The van der Waals surface area contributed by atoms with E-state index in [1.165, 1.54) is 64.2 Å². The SMILES string of the molecule is CCCCCCCCCCOc1ccc(/N=C(/NCC(C)(C)CN)N2CCCCC2CC)cc1. The molecule has 1 aliphatic heterocycles. The van der Waals surface area contributed by atoms with E-state index in [4.69, 9.17) is 15.5 Å². The van der Waals surface area contributed by atoms with Crippen LogP contribution in [0.25, 0.3) is 0 Å². The fraction of sp³-hybridized carbons (Fsp3) is 0.759. The molecule has 1 saturated heterocycles. The molecule has 0 aromatic heterocycles. The zero-order valence-electron chi connectivity index (χ0n) is 22.6. The lowest BCUT2D eigenvalue weighted by molar-refractivity contribution is 0.225. The van der Waals surface area contributed by atoms with Crippen molar-refractivity contribution in [3.05, 3.63) is 24.3 Å². The van der Waals surface area contributed by atoms with Gasteiger partial charge in [0.05, 0.1) is 12.3 Å². The molecule has 1 aromatic rings. The summed E-state index contributed by atoms with van der Waals surface area (Å²) in [6.45, 7) is 12.3. The van der Waals surface area contributed by atoms with Crippen LogP contribution in [0.15, 0.2) is 29.3 Å². The van der Waals surface area contributed by atoms with Crippen molar-refractivity contribution in [1.82, 2.24) is 10.2 Å². The van der Waals surface area contributed by atoms with E-state index >= 15 is 0 Å². The number of hydrogen-bond donors (Lipinski definition) is 2. The highest BCUT2D eigenvalue weighted by Gasteiger charge is 2.25. The number of nitrogens with two attached hydrogens (primary N) is 1. The summed E-state index contributed by atoms with van der Waals surface area (Å²) in [4.78, 5) is 7.52. The Balaban J connectivity index is 1.90. The molecule has 0 bridgehead atoms. The molecule has 0 amide bonds. The number of piperidine rings is 1. The summed E-state index contributed by atoms with van der Waals surface area (Å²) < 4.78 is 5.98. The Morgan fingerprint density at radius 2 is 1.71 bits per heavy atom. The smallest absolute Gasteiger partial charge is 0.199 e. The lowest BCUT2D eigenvalue weighted by Crippen LogP contribution is -2.51. The Morgan fingerprint density at radius 3 is 2.35 bits per heavy atom. The average molecular weight is 473 g/mol. The first kappa shape index (κ1) is 28.5. The minimum Gasteiger partial charge on any atom is -0.494 e. The first-order valence-electron chi connectivity index (χ1n) is 14.0. The molecule has 1 aromatic carbocycles. The van der Waals surface area contributed by atoms with Crippen LogP contribution in [-0.4, -0.2) is 43.1 Å². The third-order valence-electron chi connectivity index (χ3n) is 6.99. The quantitative estimate of drug-likeness (QED) is 0.163. The van der Waals surface area contributed by atoms with E-state index in [9.17, 15) is 0 Å². The summed E-state index contributed by atoms with van der Waals surface area (Å²) in [7, 11) is 0. The van der Waals surface area contributed by atoms with Crippen molar-refractivity contribution in [2.45, 2.75) is 111 Å². The van der Waals surface area contributed by atoms with Crippen molar-refractivity contribution < 1.29 is 4.74 Å². The number of aliphatic imine (C=N–C) groups is 1. The predicted octanol–water partition coefficient (Wildman–Crippen LogP) is 7.03. The van der Waals surface area contributed by atoms with Gasteiger partial charge in [-0.05, 0) is 68.3 Å². The predicted molar refractivity (Wildman–Crippen MR) is 147 cm³/mol. The molecule has 5 nitrogen and oxygen atoms in total. The minimum atomic E-state index is 0.0332.